The number of aromatic nitrogens is 3. The van der Waals surface area contributed by atoms with Gasteiger partial charge in [0.25, 0.3) is 0 Å². The van der Waals surface area contributed by atoms with Gasteiger partial charge in [-0.2, -0.15) is 0 Å². The molecule has 3 heterocycles. The molecule has 3 rings (SSSR count). The van der Waals surface area contributed by atoms with Crippen LogP contribution in [0.5, 0.6) is 0 Å². The average molecular weight is 325 g/mol. The maximum Gasteiger partial charge on any atom is 0.326 e. The fraction of sp³-hybridized carbons (Fsp3) is 0.125. The van der Waals surface area contributed by atoms with E-state index in [1.165, 1.54) is 11.3 Å². The number of aryl methyl sites for hydroxylation is 1. The monoisotopic (exact) mass is 325 g/mol. The minimum atomic E-state index is -0.364. The first kappa shape index (κ1) is 15.1. The van der Waals surface area contributed by atoms with E-state index in [2.05, 4.69) is 25.6 Å². The molecule has 116 valence electrons. The molecule has 0 spiro atoms. The molecule has 0 saturated heterocycles. The number of amides is 2. The number of nitrogens with one attached hydrogen (secondary N) is 2. The van der Waals surface area contributed by atoms with Crippen LogP contribution in [0.15, 0.2) is 48.1 Å². The molecule has 0 radical (unpaired) electrons. The van der Waals surface area contributed by atoms with Crippen molar-refractivity contribution in [1.29, 1.82) is 0 Å². The highest BCUT2D eigenvalue weighted by atomic mass is 32.1. The molecule has 0 aromatic carbocycles. The van der Waals surface area contributed by atoms with Crippen molar-refractivity contribution < 1.29 is 4.79 Å². The first-order chi connectivity index (χ1) is 11.2. The lowest BCUT2D eigenvalue weighted by Gasteiger charge is -2.06. The predicted molar refractivity (Wildman–Crippen MR) is 91.6 cm³/mol. The van der Waals surface area contributed by atoms with E-state index in [-0.39, 0.29) is 6.03 Å². The van der Waals surface area contributed by atoms with E-state index >= 15 is 0 Å². The number of pyridine rings is 2. The van der Waals surface area contributed by atoms with Crippen LogP contribution in [0.2, 0.25) is 0 Å². The van der Waals surface area contributed by atoms with Crippen molar-refractivity contribution in [2.24, 2.45) is 0 Å². The van der Waals surface area contributed by atoms with E-state index in [0.717, 1.165) is 22.7 Å². The number of nitrogens with zero attached hydrogens (tertiary/aromatic N) is 3. The lowest BCUT2D eigenvalue weighted by atomic mass is 10.3. The lowest BCUT2D eigenvalue weighted by Crippen LogP contribution is -2.20. The molecule has 0 saturated carbocycles. The zero-order valence-corrected chi connectivity index (χ0v) is 13.3. The van der Waals surface area contributed by atoms with Crippen LogP contribution in [-0.4, -0.2) is 21.0 Å². The van der Waals surface area contributed by atoms with E-state index in [1.807, 2.05) is 31.2 Å². The standard InChI is InChI=1S/C16H15N5OS/c1-2-12-4-3-5-13(18-12)20-16(22)21-14-10-23-15(19-14)11-6-8-17-9-7-11/h3-10H,2H2,1H3,(H2,18,20,21,22). The Morgan fingerprint density at radius 1 is 1.09 bits per heavy atom. The molecule has 0 aliphatic heterocycles. The summed E-state index contributed by atoms with van der Waals surface area (Å²) < 4.78 is 0. The van der Waals surface area contributed by atoms with E-state index in [9.17, 15) is 4.79 Å². The Labute approximate surface area is 137 Å². The summed E-state index contributed by atoms with van der Waals surface area (Å²) in [6.07, 6.45) is 4.24. The summed E-state index contributed by atoms with van der Waals surface area (Å²) in [5.74, 6) is 1.03. The van der Waals surface area contributed by atoms with Crippen molar-refractivity contribution in [3.05, 3.63) is 53.8 Å². The van der Waals surface area contributed by atoms with Crippen LogP contribution in [0.25, 0.3) is 10.6 Å². The predicted octanol–water partition coefficient (Wildman–Crippen LogP) is 3.81. The molecule has 7 heteroatoms. The second-order valence-electron chi connectivity index (χ2n) is 4.72. The molecular weight excluding hydrogens is 310 g/mol. The minimum Gasteiger partial charge on any atom is -0.292 e. The molecule has 0 aliphatic carbocycles. The average Bonchev–Trinajstić information content (AvgIpc) is 3.04. The molecule has 3 aromatic rings. The molecule has 2 N–H and O–H groups in total. The largest absolute Gasteiger partial charge is 0.326 e. The van der Waals surface area contributed by atoms with Gasteiger partial charge in [-0.1, -0.05) is 13.0 Å². The molecule has 23 heavy (non-hydrogen) atoms. The van der Waals surface area contributed by atoms with Crippen LogP contribution in [0.3, 0.4) is 0 Å². The smallest absolute Gasteiger partial charge is 0.292 e. The number of carbonyl (C=O) groups excluding carboxylic acids is 1. The minimum absolute atomic E-state index is 0.364. The molecule has 0 unspecified atom stereocenters. The summed E-state index contributed by atoms with van der Waals surface area (Å²) in [6.45, 7) is 2.02. The lowest BCUT2D eigenvalue weighted by molar-refractivity contribution is 0.262. The van der Waals surface area contributed by atoms with Crippen molar-refractivity contribution in [2.75, 3.05) is 10.6 Å². The van der Waals surface area contributed by atoms with Crippen molar-refractivity contribution >= 4 is 29.0 Å². The topological polar surface area (TPSA) is 79.8 Å². The molecule has 0 fully saturated rings. The van der Waals surface area contributed by atoms with Gasteiger partial charge in [-0.3, -0.25) is 15.6 Å². The highest BCUT2D eigenvalue weighted by molar-refractivity contribution is 7.13. The van der Waals surface area contributed by atoms with Gasteiger partial charge in [-0.15, -0.1) is 11.3 Å². The maximum absolute atomic E-state index is 12.0. The molecule has 3 aromatic heterocycles. The van der Waals surface area contributed by atoms with Crippen LogP contribution in [0.1, 0.15) is 12.6 Å². The second-order valence-corrected chi connectivity index (χ2v) is 5.58. The van der Waals surface area contributed by atoms with Crippen molar-refractivity contribution in [2.45, 2.75) is 13.3 Å². The van der Waals surface area contributed by atoms with Gasteiger partial charge >= 0.3 is 6.03 Å². The summed E-state index contributed by atoms with van der Waals surface area (Å²) in [4.78, 5) is 24.7. The highest BCUT2D eigenvalue weighted by Gasteiger charge is 2.08. The quantitative estimate of drug-likeness (QED) is 0.764. The molecule has 0 aliphatic rings. The van der Waals surface area contributed by atoms with Gasteiger partial charge in [0.1, 0.15) is 16.6 Å². The fourth-order valence-corrected chi connectivity index (χ4v) is 2.73. The summed E-state index contributed by atoms with van der Waals surface area (Å²) in [7, 11) is 0. The number of hydrogen-bond donors (Lipinski definition) is 2. The Bertz CT molecular complexity index is 803. The van der Waals surface area contributed by atoms with E-state index in [0.29, 0.717) is 11.6 Å². The van der Waals surface area contributed by atoms with Crippen molar-refractivity contribution in [1.82, 2.24) is 15.0 Å². The Kier molecular flexibility index (Phi) is 4.58. The highest BCUT2D eigenvalue weighted by Crippen LogP contribution is 2.25. The zero-order valence-electron chi connectivity index (χ0n) is 12.5. The van der Waals surface area contributed by atoms with E-state index < -0.39 is 0 Å². The van der Waals surface area contributed by atoms with E-state index in [4.69, 9.17) is 0 Å². The van der Waals surface area contributed by atoms with Crippen LogP contribution >= 0.6 is 11.3 Å². The summed E-state index contributed by atoms with van der Waals surface area (Å²) in [5.41, 5.74) is 1.90. The summed E-state index contributed by atoms with van der Waals surface area (Å²) in [6, 6.07) is 8.93. The van der Waals surface area contributed by atoms with Gasteiger partial charge in [0, 0.05) is 29.0 Å². The second kappa shape index (κ2) is 6.97. The van der Waals surface area contributed by atoms with Crippen LogP contribution < -0.4 is 10.6 Å². The summed E-state index contributed by atoms with van der Waals surface area (Å²) >= 11 is 1.46. The third kappa shape index (κ3) is 3.89. The van der Waals surface area contributed by atoms with Gasteiger partial charge in [0.05, 0.1) is 0 Å². The molecule has 6 nitrogen and oxygen atoms in total. The van der Waals surface area contributed by atoms with Crippen molar-refractivity contribution in [3.63, 3.8) is 0 Å². The zero-order chi connectivity index (χ0) is 16.1. The maximum atomic E-state index is 12.0. The molecule has 2 amide bonds. The fourth-order valence-electron chi connectivity index (χ4n) is 1.97. The van der Waals surface area contributed by atoms with Gasteiger partial charge in [0.2, 0.25) is 0 Å². The number of carbonyl (C=O) groups is 1. The SMILES string of the molecule is CCc1cccc(NC(=O)Nc2csc(-c3ccncc3)n2)n1. The Hall–Kier alpha value is -2.80. The molecule has 0 atom stereocenters. The Morgan fingerprint density at radius 3 is 2.65 bits per heavy atom. The third-order valence-electron chi connectivity index (χ3n) is 3.08. The number of thiazole rings is 1. The van der Waals surface area contributed by atoms with Gasteiger partial charge in [0.15, 0.2) is 0 Å². The van der Waals surface area contributed by atoms with Crippen LogP contribution in [0, 0.1) is 0 Å². The number of urea groups is 1. The van der Waals surface area contributed by atoms with Gasteiger partial charge in [-0.25, -0.2) is 14.8 Å². The van der Waals surface area contributed by atoms with Crippen LogP contribution in [-0.2, 0) is 6.42 Å². The number of anilines is 2. The first-order valence-corrected chi connectivity index (χ1v) is 8.02. The third-order valence-corrected chi connectivity index (χ3v) is 3.98. The summed E-state index contributed by atoms with van der Waals surface area (Å²) in [5, 5.41) is 8.04. The van der Waals surface area contributed by atoms with Gasteiger partial charge < -0.3 is 0 Å². The first-order valence-electron chi connectivity index (χ1n) is 7.14. The van der Waals surface area contributed by atoms with E-state index in [1.54, 1.807) is 23.8 Å². The Balaban J connectivity index is 1.65. The molecular formula is C16H15N5OS. The Morgan fingerprint density at radius 2 is 1.87 bits per heavy atom. The normalized spacial score (nSPS) is 10.3. The van der Waals surface area contributed by atoms with Crippen molar-refractivity contribution in [3.8, 4) is 10.6 Å². The van der Waals surface area contributed by atoms with Gasteiger partial charge in [-0.05, 0) is 30.7 Å². The number of rotatable bonds is 4. The molecule has 0 bridgehead atoms. The number of hydrogen-bond acceptors (Lipinski definition) is 5. The van der Waals surface area contributed by atoms with Crippen LogP contribution in [0.4, 0.5) is 16.4 Å².